The lowest BCUT2D eigenvalue weighted by Crippen LogP contribution is -2.09. The molecule has 0 bridgehead atoms. The van der Waals surface area contributed by atoms with Gasteiger partial charge in [0, 0.05) is 4.88 Å². The molecule has 0 fully saturated rings. The molecule has 3 heterocycles. The molecule has 0 radical (unpaired) electrons. The van der Waals surface area contributed by atoms with E-state index in [-0.39, 0.29) is 4.21 Å². The summed E-state index contributed by atoms with van der Waals surface area (Å²) in [7, 11) is -3.62. The minimum absolute atomic E-state index is 0.165. The molecule has 104 valence electrons. The van der Waals surface area contributed by atoms with E-state index in [0.717, 1.165) is 32.2 Å². The zero-order chi connectivity index (χ0) is 14.2. The van der Waals surface area contributed by atoms with Crippen LogP contribution in [-0.2, 0) is 16.6 Å². The number of aromatic nitrogens is 2. The third kappa shape index (κ3) is 2.66. The van der Waals surface area contributed by atoms with E-state index >= 15 is 0 Å². The van der Waals surface area contributed by atoms with E-state index in [2.05, 4.69) is 15.3 Å². The Morgan fingerprint density at radius 3 is 2.85 bits per heavy atom. The zero-order valence-corrected chi connectivity index (χ0v) is 12.6. The van der Waals surface area contributed by atoms with Gasteiger partial charge in [0.25, 0.3) is 0 Å². The number of fused-ring (bicyclic) bond motifs is 1. The fourth-order valence-electron chi connectivity index (χ4n) is 1.69. The molecule has 6 nitrogen and oxygen atoms in total. The zero-order valence-electron chi connectivity index (χ0n) is 10.1. The van der Waals surface area contributed by atoms with Crippen LogP contribution in [0.15, 0.2) is 34.1 Å². The van der Waals surface area contributed by atoms with E-state index in [0.29, 0.717) is 6.54 Å². The topological polar surface area (TPSA) is 98.0 Å². The van der Waals surface area contributed by atoms with E-state index in [4.69, 9.17) is 5.14 Å². The average Bonchev–Trinajstić information content (AvgIpc) is 3.04. The average molecular weight is 326 g/mol. The number of hydrogen-bond acceptors (Lipinski definition) is 7. The van der Waals surface area contributed by atoms with Gasteiger partial charge in [-0.25, -0.2) is 23.5 Å². The van der Waals surface area contributed by atoms with Crippen molar-refractivity contribution in [2.24, 2.45) is 5.14 Å². The van der Waals surface area contributed by atoms with E-state index < -0.39 is 10.0 Å². The first-order valence-electron chi connectivity index (χ1n) is 5.57. The summed E-state index contributed by atoms with van der Waals surface area (Å²) < 4.78 is 23.6. The van der Waals surface area contributed by atoms with Gasteiger partial charge in [0.2, 0.25) is 10.0 Å². The van der Waals surface area contributed by atoms with Crippen LogP contribution in [0.25, 0.3) is 10.2 Å². The summed E-state index contributed by atoms with van der Waals surface area (Å²) in [6.07, 6.45) is 1.50. The number of rotatable bonds is 4. The number of nitrogens with one attached hydrogen (secondary N) is 1. The number of nitrogens with two attached hydrogens (primary N) is 1. The molecule has 3 aromatic rings. The quantitative estimate of drug-likeness (QED) is 0.764. The normalized spacial score (nSPS) is 11.8. The molecule has 0 aliphatic carbocycles. The molecule has 0 aliphatic rings. The number of nitrogens with zero attached hydrogens (tertiary/aromatic N) is 2. The van der Waals surface area contributed by atoms with Crippen LogP contribution in [0, 0.1) is 0 Å². The second-order valence-corrected chi connectivity index (χ2v) is 7.85. The van der Waals surface area contributed by atoms with Crippen LogP contribution in [-0.4, -0.2) is 18.4 Å². The molecule has 0 unspecified atom stereocenters. The van der Waals surface area contributed by atoms with Gasteiger partial charge in [-0.1, -0.05) is 0 Å². The van der Waals surface area contributed by atoms with Crippen molar-refractivity contribution in [2.75, 3.05) is 5.32 Å². The predicted octanol–water partition coefficient (Wildman–Crippen LogP) is 2.01. The van der Waals surface area contributed by atoms with Crippen LogP contribution < -0.4 is 10.5 Å². The minimum Gasteiger partial charge on any atom is -0.364 e. The third-order valence-electron chi connectivity index (χ3n) is 2.59. The molecule has 0 saturated carbocycles. The van der Waals surface area contributed by atoms with Crippen LogP contribution in [0.2, 0.25) is 0 Å². The van der Waals surface area contributed by atoms with E-state index in [1.54, 1.807) is 17.4 Å². The molecule has 0 amide bonds. The molecular formula is C11H10N4O2S3. The van der Waals surface area contributed by atoms with Crippen molar-refractivity contribution >= 4 is 48.7 Å². The molecule has 3 N–H and O–H groups in total. The number of anilines is 1. The lowest BCUT2D eigenvalue weighted by Gasteiger charge is -2.04. The van der Waals surface area contributed by atoms with Crippen molar-refractivity contribution in [3.63, 3.8) is 0 Å². The van der Waals surface area contributed by atoms with Gasteiger partial charge in [-0.2, -0.15) is 0 Å². The fraction of sp³-hybridized carbons (Fsp3) is 0.0909. The summed E-state index contributed by atoms with van der Waals surface area (Å²) in [4.78, 5) is 9.23. The highest BCUT2D eigenvalue weighted by molar-refractivity contribution is 7.91. The standard InChI is InChI=1S/C11H10N4O2S3/c12-20(16,17)9-2-1-7(19-9)5-13-11-10-8(3-4-18-10)14-6-15-11/h1-4,6H,5H2,(H2,12,16,17)(H,13,14,15). The number of thiophene rings is 2. The first-order chi connectivity index (χ1) is 9.54. The molecule has 0 aromatic carbocycles. The molecule has 0 saturated heterocycles. The Labute approximate surface area is 123 Å². The van der Waals surface area contributed by atoms with E-state index in [1.807, 2.05) is 11.4 Å². The Bertz CT molecular complexity index is 853. The number of hydrogen-bond donors (Lipinski definition) is 2. The van der Waals surface area contributed by atoms with Gasteiger partial charge in [0.05, 0.1) is 16.8 Å². The van der Waals surface area contributed by atoms with Crippen LogP contribution in [0.4, 0.5) is 5.82 Å². The molecule has 3 aromatic heterocycles. The van der Waals surface area contributed by atoms with Gasteiger partial charge in [0.1, 0.15) is 16.4 Å². The largest absolute Gasteiger partial charge is 0.364 e. The summed E-state index contributed by atoms with van der Waals surface area (Å²) in [6, 6.07) is 5.18. The van der Waals surface area contributed by atoms with Gasteiger partial charge in [-0.05, 0) is 23.6 Å². The second-order valence-electron chi connectivity index (χ2n) is 3.98. The predicted molar refractivity (Wildman–Crippen MR) is 80.4 cm³/mol. The summed E-state index contributed by atoms with van der Waals surface area (Å²) >= 11 is 2.71. The second kappa shape index (κ2) is 5.09. The Balaban J connectivity index is 1.80. The highest BCUT2D eigenvalue weighted by Gasteiger charge is 2.11. The summed E-state index contributed by atoms with van der Waals surface area (Å²) in [5, 5.41) is 10.2. The van der Waals surface area contributed by atoms with Crippen molar-refractivity contribution in [3.05, 3.63) is 34.8 Å². The Kier molecular flexibility index (Phi) is 3.42. The summed E-state index contributed by atoms with van der Waals surface area (Å²) in [6.45, 7) is 0.490. The van der Waals surface area contributed by atoms with Gasteiger partial charge in [0.15, 0.2) is 0 Å². The van der Waals surface area contributed by atoms with Crippen molar-refractivity contribution in [1.29, 1.82) is 0 Å². The fourth-order valence-corrected chi connectivity index (χ4v) is 4.22. The maximum atomic E-state index is 11.2. The summed E-state index contributed by atoms with van der Waals surface area (Å²) in [5.74, 6) is 0.746. The first-order valence-corrected chi connectivity index (χ1v) is 8.82. The van der Waals surface area contributed by atoms with Crippen molar-refractivity contribution < 1.29 is 8.42 Å². The molecule has 3 rings (SSSR count). The molecule has 20 heavy (non-hydrogen) atoms. The molecule has 9 heteroatoms. The van der Waals surface area contributed by atoms with Crippen LogP contribution in [0.3, 0.4) is 0 Å². The molecule has 0 spiro atoms. The maximum absolute atomic E-state index is 11.2. The Morgan fingerprint density at radius 2 is 2.10 bits per heavy atom. The van der Waals surface area contributed by atoms with Crippen molar-refractivity contribution in [1.82, 2.24) is 9.97 Å². The van der Waals surface area contributed by atoms with E-state index in [1.165, 1.54) is 12.4 Å². The maximum Gasteiger partial charge on any atom is 0.247 e. The van der Waals surface area contributed by atoms with Gasteiger partial charge in [-0.15, -0.1) is 22.7 Å². The van der Waals surface area contributed by atoms with Crippen LogP contribution >= 0.6 is 22.7 Å². The molecule has 0 atom stereocenters. The smallest absolute Gasteiger partial charge is 0.247 e. The highest BCUT2D eigenvalue weighted by atomic mass is 32.2. The first kappa shape index (κ1) is 13.4. The Morgan fingerprint density at radius 1 is 1.25 bits per heavy atom. The highest BCUT2D eigenvalue weighted by Crippen LogP contribution is 2.26. The van der Waals surface area contributed by atoms with E-state index in [9.17, 15) is 8.42 Å². The van der Waals surface area contributed by atoms with Crippen LogP contribution in [0.5, 0.6) is 0 Å². The van der Waals surface area contributed by atoms with Crippen LogP contribution in [0.1, 0.15) is 4.88 Å². The Hall–Kier alpha value is -1.55. The minimum atomic E-state index is -3.62. The van der Waals surface area contributed by atoms with Gasteiger partial charge in [-0.3, -0.25) is 0 Å². The lowest BCUT2D eigenvalue weighted by molar-refractivity contribution is 0.600. The van der Waals surface area contributed by atoms with Crippen molar-refractivity contribution in [2.45, 2.75) is 10.8 Å². The molecular weight excluding hydrogens is 316 g/mol. The number of sulfonamides is 1. The lowest BCUT2D eigenvalue weighted by atomic mass is 10.4. The number of primary sulfonamides is 1. The van der Waals surface area contributed by atoms with Gasteiger partial charge >= 0.3 is 0 Å². The summed E-state index contributed by atoms with van der Waals surface area (Å²) in [5.41, 5.74) is 0.893. The third-order valence-corrected chi connectivity index (χ3v) is 6.02. The SMILES string of the molecule is NS(=O)(=O)c1ccc(CNc2ncnc3ccsc23)s1. The molecule has 0 aliphatic heterocycles. The monoisotopic (exact) mass is 326 g/mol. The van der Waals surface area contributed by atoms with Crippen molar-refractivity contribution in [3.8, 4) is 0 Å². The van der Waals surface area contributed by atoms with Gasteiger partial charge < -0.3 is 5.32 Å².